The van der Waals surface area contributed by atoms with Crippen LogP contribution in [-0.2, 0) is 19.3 Å². The van der Waals surface area contributed by atoms with Crippen molar-refractivity contribution >= 4 is 34.9 Å². The first kappa shape index (κ1) is 28.0. The molecular formula is C27H39N5O5SSi. The van der Waals surface area contributed by atoms with E-state index in [0.717, 1.165) is 42.2 Å². The molecule has 0 aliphatic carbocycles. The van der Waals surface area contributed by atoms with E-state index in [-0.39, 0.29) is 22.5 Å². The third-order valence-corrected chi connectivity index (χ3v) is 13.3. The van der Waals surface area contributed by atoms with E-state index in [4.69, 9.17) is 19.0 Å². The fourth-order valence-corrected chi connectivity index (χ4v) is 6.14. The molecule has 0 radical (unpaired) electrons. The lowest BCUT2D eigenvalue weighted by atomic mass is 10.1. The molecule has 1 unspecified atom stereocenters. The first-order valence-electron chi connectivity index (χ1n) is 13.5. The molecule has 0 saturated carbocycles. The van der Waals surface area contributed by atoms with E-state index in [9.17, 15) is 8.42 Å². The Balaban J connectivity index is 1.66. The van der Waals surface area contributed by atoms with Crippen LogP contribution < -0.4 is 9.33 Å². The number of aromatic nitrogens is 4. The summed E-state index contributed by atoms with van der Waals surface area (Å²) in [7, 11) is -4.09. The second-order valence-corrected chi connectivity index (χ2v) is 18.7. The second kappa shape index (κ2) is 10.1. The SMILES string of the molecule is COC1CN(c2cc(-c3nn(C4CCCCO4)c4ccc(O[Si](C)(C)C(C)(C)C)cc34)nc(S(C)(=O)=O)n2)C1. The summed E-state index contributed by atoms with van der Waals surface area (Å²) in [6.07, 6.45) is 3.95. The molecule has 212 valence electrons. The Kier molecular flexibility index (Phi) is 7.28. The molecule has 2 fully saturated rings. The van der Waals surface area contributed by atoms with E-state index < -0.39 is 18.2 Å². The lowest BCUT2D eigenvalue weighted by Gasteiger charge is -2.39. The molecule has 1 aromatic carbocycles. The van der Waals surface area contributed by atoms with Crippen LogP contribution in [0.25, 0.3) is 22.3 Å². The summed E-state index contributed by atoms with van der Waals surface area (Å²) in [5.74, 6) is 1.31. The fourth-order valence-electron chi connectivity index (χ4n) is 4.59. The van der Waals surface area contributed by atoms with Gasteiger partial charge in [0.05, 0.1) is 17.3 Å². The third-order valence-electron chi connectivity index (χ3n) is 8.06. The van der Waals surface area contributed by atoms with Crippen LogP contribution in [0.2, 0.25) is 18.1 Å². The molecule has 0 spiro atoms. The Hall–Kier alpha value is -2.54. The smallest absolute Gasteiger partial charge is 0.250 e. The van der Waals surface area contributed by atoms with Crippen molar-refractivity contribution in [2.45, 2.75) is 75.7 Å². The van der Waals surface area contributed by atoms with Crippen molar-refractivity contribution in [3.63, 3.8) is 0 Å². The molecule has 2 saturated heterocycles. The van der Waals surface area contributed by atoms with E-state index in [1.54, 1.807) is 7.11 Å². The number of hydrogen-bond acceptors (Lipinski definition) is 9. The monoisotopic (exact) mass is 573 g/mol. The van der Waals surface area contributed by atoms with Crippen molar-refractivity contribution in [2.24, 2.45) is 0 Å². The molecule has 3 aromatic rings. The molecule has 10 nitrogen and oxygen atoms in total. The minimum Gasteiger partial charge on any atom is -0.543 e. The van der Waals surface area contributed by atoms with E-state index in [0.29, 0.717) is 36.9 Å². The summed E-state index contributed by atoms with van der Waals surface area (Å²) in [4.78, 5) is 10.9. The van der Waals surface area contributed by atoms with Crippen LogP contribution in [-0.4, -0.2) is 75.6 Å². The van der Waals surface area contributed by atoms with Gasteiger partial charge in [-0.25, -0.2) is 23.1 Å². The maximum absolute atomic E-state index is 12.6. The molecule has 0 bridgehead atoms. The van der Waals surface area contributed by atoms with E-state index in [2.05, 4.69) is 43.8 Å². The highest BCUT2D eigenvalue weighted by Gasteiger charge is 2.39. The van der Waals surface area contributed by atoms with Gasteiger partial charge in [0.25, 0.3) is 0 Å². The zero-order valence-corrected chi connectivity index (χ0v) is 25.7. The number of benzene rings is 1. The summed E-state index contributed by atoms with van der Waals surface area (Å²) < 4.78 is 45.3. The van der Waals surface area contributed by atoms with Crippen molar-refractivity contribution in [1.29, 1.82) is 0 Å². The molecule has 0 N–H and O–H groups in total. The van der Waals surface area contributed by atoms with Crippen LogP contribution in [0.4, 0.5) is 5.82 Å². The van der Waals surface area contributed by atoms with Gasteiger partial charge in [0.1, 0.15) is 17.3 Å². The van der Waals surface area contributed by atoms with Crippen LogP contribution in [0.5, 0.6) is 5.75 Å². The van der Waals surface area contributed by atoms with Crippen molar-refractivity contribution in [3.05, 3.63) is 24.3 Å². The van der Waals surface area contributed by atoms with Crippen molar-refractivity contribution in [3.8, 4) is 17.1 Å². The molecule has 39 heavy (non-hydrogen) atoms. The van der Waals surface area contributed by atoms with Gasteiger partial charge in [0.15, 0.2) is 6.23 Å². The van der Waals surface area contributed by atoms with Crippen molar-refractivity contribution in [1.82, 2.24) is 19.7 Å². The Morgan fingerprint density at radius 3 is 2.46 bits per heavy atom. The van der Waals surface area contributed by atoms with Gasteiger partial charge in [-0.1, -0.05) is 20.8 Å². The molecule has 12 heteroatoms. The average Bonchev–Trinajstić information content (AvgIpc) is 3.21. The maximum atomic E-state index is 12.6. The zero-order chi connectivity index (χ0) is 28.2. The molecule has 1 atom stereocenters. The summed E-state index contributed by atoms with van der Waals surface area (Å²) in [6, 6.07) is 7.83. The van der Waals surface area contributed by atoms with Gasteiger partial charge in [0.2, 0.25) is 23.3 Å². The number of rotatable bonds is 7. The van der Waals surface area contributed by atoms with Gasteiger partial charge in [-0.2, -0.15) is 5.10 Å². The molecule has 2 aliphatic heterocycles. The number of sulfone groups is 1. The van der Waals surface area contributed by atoms with Gasteiger partial charge >= 0.3 is 0 Å². The van der Waals surface area contributed by atoms with E-state index >= 15 is 0 Å². The van der Waals surface area contributed by atoms with Gasteiger partial charge < -0.3 is 18.8 Å². The van der Waals surface area contributed by atoms with Crippen molar-refractivity contribution in [2.75, 3.05) is 38.0 Å². The highest BCUT2D eigenvalue weighted by Crippen LogP contribution is 2.40. The molecule has 2 aliphatic rings. The molecule has 4 heterocycles. The Bertz CT molecular complexity index is 1470. The number of nitrogens with zero attached hydrogens (tertiary/aromatic N) is 5. The Morgan fingerprint density at radius 1 is 1.10 bits per heavy atom. The number of fused-ring (bicyclic) bond motifs is 1. The second-order valence-electron chi connectivity index (χ2n) is 12.1. The van der Waals surface area contributed by atoms with Crippen LogP contribution in [0.1, 0.15) is 46.3 Å². The maximum Gasteiger partial charge on any atom is 0.250 e. The normalized spacial score (nSPS) is 19.4. The first-order valence-corrected chi connectivity index (χ1v) is 18.3. The van der Waals surface area contributed by atoms with Crippen LogP contribution in [0, 0.1) is 0 Å². The predicted octanol–water partition coefficient (Wildman–Crippen LogP) is 4.81. The number of anilines is 1. The molecule has 5 rings (SSSR count). The van der Waals surface area contributed by atoms with Crippen LogP contribution >= 0.6 is 0 Å². The Morgan fingerprint density at radius 2 is 1.85 bits per heavy atom. The number of methoxy groups -OCH3 is 1. The van der Waals surface area contributed by atoms with Gasteiger partial charge in [0, 0.05) is 44.5 Å². The largest absolute Gasteiger partial charge is 0.543 e. The van der Waals surface area contributed by atoms with Crippen LogP contribution in [0.15, 0.2) is 29.4 Å². The molecular weight excluding hydrogens is 534 g/mol. The third kappa shape index (κ3) is 5.56. The topological polar surface area (TPSA) is 109 Å². The summed E-state index contributed by atoms with van der Waals surface area (Å²) in [5.41, 5.74) is 1.92. The fraction of sp³-hybridized carbons (Fsp3) is 0.593. The van der Waals surface area contributed by atoms with Gasteiger partial charge in [-0.15, -0.1) is 0 Å². The molecule has 2 aromatic heterocycles. The first-order chi connectivity index (χ1) is 18.3. The van der Waals surface area contributed by atoms with Gasteiger partial charge in [-0.05, 0) is 55.6 Å². The lowest BCUT2D eigenvalue weighted by molar-refractivity contribution is -0.0365. The quantitative estimate of drug-likeness (QED) is 0.290. The zero-order valence-electron chi connectivity index (χ0n) is 23.9. The minimum atomic E-state index is -3.67. The minimum absolute atomic E-state index is 0.0358. The summed E-state index contributed by atoms with van der Waals surface area (Å²) >= 11 is 0. The standard InChI is InChI=1S/C27H39N5O5SSi/c1-27(2,3)39(6,7)37-18-11-12-22-20(14-18)25(30-32(22)24-10-8-9-13-36-24)21-15-23(31-16-19(17-31)35-4)29-26(28-21)38(5,33)34/h11-12,14-15,19,24H,8-10,13,16-17H2,1-7H3. The summed E-state index contributed by atoms with van der Waals surface area (Å²) in [5, 5.41) is 5.64. The van der Waals surface area contributed by atoms with E-state index in [1.807, 2.05) is 33.8 Å². The van der Waals surface area contributed by atoms with E-state index in [1.165, 1.54) is 0 Å². The highest BCUT2D eigenvalue weighted by molar-refractivity contribution is 7.90. The molecule has 0 amide bonds. The lowest BCUT2D eigenvalue weighted by Crippen LogP contribution is -2.52. The van der Waals surface area contributed by atoms with Gasteiger partial charge in [-0.3, -0.25) is 0 Å². The predicted molar refractivity (Wildman–Crippen MR) is 154 cm³/mol. The van der Waals surface area contributed by atoms with Crippen LogP contribution in [0.3, 0.4) is 0 Å². The van der Waals surface area contributed by atoms with Crippen molar-refractivity contribution < 1.29 is 22.3 Å². The summed E-state index contributed by atoms with van der Waals surface area (Å²) in [6.45, 7) is 13.0. The number of ether oxygens (including phenoxy) is 2. The number of hydrogen-bond donors (Lipinski definition) is 0. The average molecular weight is 574 g/mol. The highest BCUT2D eigenvalue weighted by atomic mass is 32.2. The Labute approximate surface area is 231 Å².